The van der Waals surface area contributed by atoms with Crippen LogP contribution < -0.4 is 5.32 Å². The molecule has 22 heavy (non-hydrogen) atoms. The first-order valence-electron chi connectivity index (χ1n) is 6.74. The second-order valence-corrected chi connectivity index (χ2v) is 4.72. The number of pyridine rings is 1. The highest BCUT2D eigenvalue weighted by Crippen LogP contribution is 2.11. The first-order chi connectivity index (χ1) is 10.6. The van der Waals surface area contributed by atoms with E-state index in [0.29, 0.717) is 28.2 Å². The average molecular weight is 292 g/mol. The minimum absolute atomic E-state index is 0.304. The number of hydrogen-bond donors (Lipinski definition) is 1. The minimum atomic E-state index is -0.304. The van der Waals surface area contributed by atoms with Crippen LogP contribution in [0.3, 0.4) is 0 Å². The van der Waals surface area contributed by atoms with Crippen molar-refractivity contribution in [2.75, 3.05) is 0 Å². The Kier molecular flexibility index (Phi) is 4.54. The average Bonchev–Trinajstić information content (AvgIpc) is 2.95. The molecule has 110 valence electrons. The molecule has 0 fully saturated rings. The fourth-order valence-corrected chi connectivity index (χ4v) is 1.89. The van der Waals surface area contributed by atoms with Gasteiger partial charge < -0.3 is 5.32 Å². The number of nitrogens with zero attached hydrogens (tertiary/aromatic N) is 3. The van der Waals surface area contributed by atoms with E-state index in [1.807, 2.05) is 24.3 Å². The summed E-state index contributed by atoms with van der Waals surface area (Å²) in [6.07, 6.45) is 6.56. The summed E-state index contributed by atoms with van der Waals surface area (Å²) in [7, 11) is 0. The second-order valence-electron chi connectivity index (χ2n) is 4.72. The summed E-state index contributed by atoms with van der Waals surface area (Å²) < 4.78 is 1.70. The van der Waals surface area contributed by atoms with Gasteiger partial charge in [0.25, 0.3) is 5.91 Å². The van der Waals surface area contributed by atoms with Crippen LogP contribution in [0.1, 0.15) is 24.3 Å². The normalized spacial score (nSPS) is 12.0. The van der Waals surface area contributed by atoms with Crippen molar-refractivity contribution < 1.29 is 4.79 Å². The molecule has 1 N–H and O–H groups in total. The monoisotopic (exact) mass is 292 g/mol. The van der Waals surface area contributed by atoms with Crippen molar-refractivity contribution in [3.63, 3.8) is 0 Å². The molecule has 0 unspecified atom stereocenters. The minimum Gasteiger partial charge on any atom is -0.320 e. The highest BCUT2D eigenvalue weighted by molar-refractivity contribution is 5.94. The number of amides is 1. The Labute approximate surface area is 128 Å². The molecule has 2 rings (SSSR count). The van der Waals surface area contributed by atoms with Crippen LogP contribution in [0.2, 0.25) is 0 Å². The molecule has 5 heteroatoms. The number of allylic oxidation sites excluding steroid dienone is 4. The number of imidazole rings is 1. The van der Waals surface area contributed by atoms with Crippen LogP contribution in [0.5, 0.6) is 0 Å². The van der Waals surface area contributed by atoms with Gasteiger partial charge in [0, 0.05) is 17.5 Å². The van der Waals surface area contributed by atoms with E-state index in [4.69, 9.17) is 5.26 Å². The van der Waals surface area contributed by atoms with Gasteiger partial charge >= 0.3 is 0 Å². The lowest BCUT2D eigenvalue weighted by atomic mass is 10.1. The van der Waals surface area contributed by atoms with Crippen LogP contribution >= 0.6 is 0 Å². The van der Waals surface area contributed by atoms with Gasteiger partial charge in [-0.2, -0.15) is 5.26 Å². The van der Waals surface area contributed by atoms with E-state index in [2.05, 4.69) is 16.9 Å². The zero-order valence-electron chi connectivity index (χ0n) is 12.5. The lowest BCUT2D eigenvalue weighted by Crippen LogP contribution is -2.24. The first kappa shape index (κ1) is 15.3. The van der Waals surface area contributed by atoms with Gasteiger partial charge in [0.1, 0.15) is 11.3 Å². The van der Waals surface area contributed by atoms with Crippen molar-refractivity contribution in [3.05, 3.63) is 71.9 Å². The Morgan fingerprint density at radius 2 is 2.27 bits per heavy atom. The molecule has 0 spiro atoms. The molecule has 1 amide bonds. The second kappa shape index (κ2) is 6.55. The van der Waals surface area contributed by atoms with Crippen molar-refractivity contribution in [2.45, 2.75) is 13.8 Å². The summed E-state index contributed by atoms with van der Waals surface area (Å²) in [6, 6.07) is 7.55. The standard InChI is InChI=1S/C17H16N4O/c1-4-13(10-18)9-14(12(2)3)20-17(22)15-11-19-16-7-5-6-8-21(15)16/h4-9,11H,2H2,1,3H3,(H,20,22)/b13-4+,14-9+. The summed E-state index contributed by atoms with van der Waals surface area (Å²) in [5, 5.41) is 11.8. The number of fused-ring (bicyclic) bond motifs is 1. The number of nitriles is 1. The van der Waals surface area contributed by atoms with Gasteiger partial charge in [-0.15, -0.1) is 0 Å². The molecular formula is C17H16N4O. The molecule has 0 atom stereocenters. The van der Waals surface area contributed by atoms with Crippen LogP contribution in [0.4, 0.5) is 0 Å². The lowest BCUT2D eigenvalue weighted by Gasteiger charge is -2.09. The molecule has 0 bridgehead atoms. The number of carbonyl (C=O) groups excluding carboxylic acids is 1. The molecule has 5 nitrogen and oxygen atoms in total. The molecule has 0 aliphatic rings. The van der Waals surface area contributed by atoms with Crippen LogP contribution in [-0.2, 0) is 0 Å². The smallest absolute Gasteiger partial charge is 0.274 e. The highest BCUT2D eigenvalue weighted by atomic mass is 16.2. The van der Waals surface area contributed by atoms with Crippen molar-refractivity contribution in [1.82, 2.24) is 14.7 Å². The number of rotatable bonds is 4. The van der Waals surface area contributed by atoms with E-state index in [1.54, 1.807) is 36.6 Å². The predicted octanol–water partition coefficient (Wildman–Crippen LogP) is 2.99. The number of nitrogens with one attached hydrogen (secondary N) is 1. The fourth-order valence-electron chi connectivity index (χ4n) is 1.89. The topological polar surface area (TPSA) is 70.2 Å². The molecular weight excluding hydrogens is 276 g/mol. The Morgan fingerprint density at radius 1 is 1.50 bits per heavy atom. The van der Waals surface area contributed by atoms with Crippen LogP contribution in [-0.4, -0.2) is 15.3 Å². The molecule has 2 heterocycles. The zero-order chi connectivity index (χ0) is 16.1. The molecule has 0 saturated heterocycles. The summed E-state index contributed by atoms with van der Waals surface area (Å²) in [6.45, 7) is 7.36. The molecule has 2 aromatic rings. The Bertz CT molecular complexity index is 834. The molecule has 0 radical (unpaired) electrons. The predicted molar refractivity (Wildman–Crippen MR) is 84.9 cm³/mol. The molecule has 2 aromatic heterocycles. The lowest BCUT2D eigenvalue weighted by molar-refractivity contribution is 0.0961. The quantitative estimate of drug-likeness (QED) is 0.695. The van der Waals surface area contributed by atoms with E-state index in [0.717, 1.165) is 0 Å². The first-order valence-corrected chi connectivity index (χ1v) is 6.74. The maximum absolute atomic E-state index is 12.4. The largest absolute Gasteiger partial charge is 0.320 e. The fraction of sp³-hybridized carbons (Fsp3) is 0.118. The van der Waals surface area contributed by atoms with E-state index in [9.17, 15) is 4.79 Å². The van der Waals surface area contributed by atoms with Crippen molar-refractivity contribution in [3.8, 4) is 6.07 Å². The molecule has 0 aliphatic carbocycles. The third-order valence-electron chi connectivity index (χ3n) is 3.10. The summed E-state index contributed by atoms with van der Waals surface area (Å²) in [4.78, 5) is 16.6. The van der Waals surface area contributed by atoms with Crippen LogP contribution in [0, 0.1) is 11.3 Å². The van der Waals surface area contributed by atoms with Crippen LogP contribution in [0.25, 0.3) is 5.65 Å². The third-order valence-corrected chi connectivity index (χ3v) is 3.10. The SMILES string of the molecule is C=C(C)/C(=C\C(C#N)=C/C)NC(=O)c1cnc2ccccn12. The van der Waals surface area contributed by atoms with Gasteiger partial charge in [-0.3, -0.25) is 9.20 Å². The number of aromatic nitrogens is 2. The van der Waals surface area contributed by atoms with Crippen molar-refractivity contribution >= 4 is 11.6 Å². The molecule has 0 saturated carbocycles. The van der Waals surface area contributed by atoms with Crippen molar-refractivity contribution in [1.29, 1.82) is 5.26 Å². The Hall–Kier alpha value is -3.13. The zero-order valence-corrected chi connectivity index (χ0v) is 12.5. The van der Waals surface area contributed by atoms with Gasteiger partial charge in [0.15, 0.2) is 0 Å². The number of carbonyl (C=O) groups is 1. The van der Waals surface area contributed by atoms with Gasteiger partial charge in [-0.25, -0.2) is 4.98 Å². The van der Waals surface area contributed by atoms with E-state index in [-0.39, 0.29) is 5.91 Å². The summed E-state index contributed by atoms with van der Waals surface area (Å²) in [5.41, 5.74) is 2.74. The Morgan fingerprint density at radius 3 is 2.91 bits per heavy atom. The summed E-state index contributed by atoms with van der Waals surface area (Å²) in [5.74, 6) is -0.304. The Balaban J connectivity index is 2.33. The van der Waals surface area contributed by atoms with Crippen LogP contribution in [0.15, 0.2) is 66.2 Å². The number of hydrogen-bond acceptors (Lipinski definition) is 3. The molecule has 0 aromatic carbocycles. The van der Waals surface area contributed by atoms with E-state index >= 15 is 0 Å². The van der Waals surface area contributed by atoms with Crippen molar-refractivity contribution in [2.24, 2.45) is 0 Å². The van der Waals surface area contributed by atoms with Gasteiger partial charge in [-0.05, 0) is 37.6 Å². The summed E-state index contributed by atoms with van der Waals surface area (Å²) >= 11 is 0. The maximum Gasteiger partial charge on any atom is 0.274 e. The van der Waals surface area contributed by atoms with E-state index < -0.39 is 0 Å². The van der Waals surface area contributed by atoms with E-state index in [1.165, 1.54) is 6.20 Å². The molecule has 0 aliphatic heterocycles. The van der Waals surface area contributed by atoms with Gasteiger partial charge in [0.05, 0.1) is 12.3 Å². The third kappa shape index (κ3) is 3.13. The maximum atomic E-state index is 12.4. The highest BCUT2D eigenvalue weighted by Gasteiger charge is 2.13. The van der Waals surface area contributed by atoms with Gasteiger partial charge in [-0.1, -0.05) is 18.7 Å². The van der Waals surface area contributed by atoms with Gasteiger partial charge in [0.2, 0.25) is 0 Å².